The first-order valence-electron chi connectivity index (χ1n) is 10.9. The van der Waals surface area contributed by atoms with Gasteiger partial charge in [-0.2, -0.15) is 13.2 Å². The monoisotopic (exact) mass is 443 g/mol. The zero-order chi connectivity index (χ0) is 22.7. The molecule has 170 valence electrons. The van der Waals surface area contributed by atoms with Crippen LogP contribution in [0.5, 0.6) is 0 Å². The van der Waals surface area contributed by atoms with Gasteiger partial charge in [0.25, 0.3) is 0 Å². The predicted octanol–water partition coefficient (Wildman–Crippen LogP) is 4.59. The molecule has 2 heterocycles. The molecule has 0 bridgehead atoms. The van der Waals surface area contributed by atoms with E-state index in [1.165, 1.54) is 6.07 Å². The van der Waals surface area contributed by atoms with Gasteiger partial charge in [0.05, 0.1) is 5.56 Å². The van der Waals surface area contributed by atoms with Crippen molar-refractivity contribution >= 4 is 22.3 Å². The second kappa shape index (κ2) is 9.34. The van der Waals surface area contributed by atoms with Crippen LogP contribution in [0.2, 0.25) is 0 Å². The Morgan fingerprint density at radius 2 is 1.75 bits per heavy atom. The van der Waals surface area contributed by atoms with E-state index < -0.39 is 11.7 Å². The first kappa shape index (κ1) is 22.4. The molecule has 0 aliphatic carbocycles. The van der Waals surface area contributed by atoms with Crippen molar-refractivity contribution in [3.8, 4) is 0 Å². The number of nitrogens with one attached hydrogen (secondary N) is 1. The summed E-state index contributed by atoms with van der Waals surface area (Å²) in [6.07, 6.45) is -2.82. The van der Waals surface area contributed by atoms with Crippen LogP contribution in [0, 0.1) is 0 Å². The van der Waals surface area contributed by atoms with Gasteiger partial charge in [0.15, 0.2) is 0 Å². The number of halogens is 3. The Kier molecular flexibility index (Phi) is 6.53. The fraction of sp³-hybridized carbons (Fsp3) is 0.375. The third-order valence-electron chi connectivity index (χ3n) is 6.08. The van der Waals surface area contributed by atoms with Crippen molar-refractivity contribution in [3.63, 3.8) is 0 Å². The molecular formula is C24H28F3N5. The molecule has 8 heteroatoms. The molecule has 0 saturated carbocycles. The van der Waals surface area contributed by atoms with Crippen molar-refractivity contribution in [2.75, 3.05) is 43.8 Å². The van der Waals surface area contributed by atoms with Crippen molar-refractivity contribution in [1.82, 2.24) is 14.8 Å². The van der Waals surface area contributed by atoms with Crippen LogP contribution in [0.15, 0.2) is 48.7 Å². The number of piperazine rings is 1. The highest BCUT2D eigenvalue weighted by Gasteiger charge is 2.33. The van der Waals surface area contributed by atoms with E-state index in [0.717, 1.165) is 43.5 Å². The van der Waals surface area contributed by atoms with Crippen molar-refractivity contribution in [2.24, 2.45) is 0 Å². The zero-order valence-electron chi connectivity index (χ0n) is 18.1. The molecule has 1 aliphatic heterocycles. The van der Waals surface area contributed by atoms with E-state index in [1.807, 2.05) is 6.07 Å². The molecule has 0 amide bonds. The van der Waals surface area contributed by atoms with E-state index in [1.54, 1.807) is 36.5 Å². The molecule has 1 aliphatic rings. The Labute approximate surface area is 186 Å². The molecule has 3 N–H and O–H groups in total. The van der Waals surface area contributed by atoms with Crippen LogP contribution in [-0.4, -0.2) is 47.5 Å². The van der Waals surface area contributed by atoms with E-state index in [4.69, 9.17) is 5.73 Å². The SMILES string of the molecule is CCN1CCN(Cc2ccc(CNc3nccc4c(N)cccc34)c(C(F)(F)F)c2)CC1. The second-order valence-corrected chi connectivity index (χ2v) is 8.16. The van der Waals surface area contributed by atoms with Gasteiger partial charge in [-0.05, 0) is 35.9 Å². The molecule has 5 nitrogen and oxygen atoms in total. The van der Waals surface area contributed by atoms with E-state index in [0.29, 0.717) is 23.6 Å². The summed E-state index contributed by atoms with van der Waals surface area (Å²) in [5.74, 6) is 0.515. The molecule has 0 radical (unpaired) electrons. The smallest absolute Gasteiger partial charge is 0.398 e. The number of benzene rings is 2. The summed E-state index contributed by atoms with van der Waals surface area (Å²) < 4.78 is 41.6. The maximum absolute atomic E-state index is 13.9. The minimum Gasteiger partial charge on any atom is -0.398 e. The molecule has 1 saturated heterocycles. The number of rotatable bonds is 6. The Balaban J connectivity index is 1.52. The largest absolute Gasteiger partial charge is 0.416 e. The maximum atomic E-state index is 13.9. The summed E-state index contributed by atoms with van der Waals surface area (Å²) in [5.41, 5.74) is 6.89. The lowest BCUT2D eigenvalue weighted by Gasteiger charge is -2.34. The number of hydrogen-bond acceptors (Lipinski definition) is 5. The Hall–Kier alpha value is -2.84. The third-order valence-corrected chi connectivity index (χ3v) is 6.08. The van der Waals surface area contributed by atoms with Gasteiger partial charge in [0.2, 0.25) is 0 Å². The highest BCUT2D eigenvalue weighted by molar-refractivity contribution is 5.99. The molecular weight excluding hydrogens is 415 g/mol. The fourth-order valence-electron chi connectivity index (χ4n) is 4.21. The molecule has 0 unspecified atom stereocenters. The number of nitrogen functional groups attached to an aromatic ring is 1. The molecule has 32 heavy (non-hydrogen) atoms. The van der Waals surface area contributed by atoms with Gasteiger partial charge >= 0.3 is 6.18 Å². The van der Waals surface area contributed by atoms with Crippen molar-refractivity contribution < 1.29 is 13.2 Å². The van der Waals surface area contributed by atoms with E-state index >= 15 is 0 Å². The number of nitrogens with two attached hydrogens (primary N) is 1. The van der Waals surface area contributed by atoms with Gasteiger partial charge in [-0.1, -0.05) is 31.2 Å². The quantitative estimate of drug-likeness (QED) is 0.546. The minimum atomic E-state index is -4.43. The summed E-state index contributed by atoms with van der Waals surface area (Å²) in [6.45, 7) is 7.32. The number of aromatic nitrogens is 1. The van der Waals surface area contributed by atoms with E-state index in [-0.39, 0.29) is 12.1 Å². The van der Waals surface area contributed by atoms with Gasteiger partial charge in [0, 0.05) is 61.9 Å². The lowest BCUT2D eigenvalue weighted by Crippen LogP contribution is -2.45. The first-order valence-corrected chi connectivity index (χ1v) is 10.9. The van der Waals surface area contributed by atoms with Crippen molar-refractivity contribution in [3.05, 3.63) is 65.4 Å². The fourth-order valence-corrected chi connectivity index (χ4v) is 4.21. The molecule has 3 aromatic rings. The predicted molar refractivity (Wildman–Crippen MR) is 122 cm³/mol. The normalized spacial score (nSPS) is 15.9. The van der Waals surface area contributed by atoms with Gasteiger partial charge in [-0.25, -0.2) is 4.98 Å². The highest BCUT2D eigenvalue weighted by Crippen LogP contribution is 2.34. The van der Waals surface area contributed by atoms with Crippen molar-refractivity contribution in [1.29, 1.82) is 0 Å². The number of hydrogen-bond donors (Lipinski definition) is 2. The molecule has 0 atom stereocenters. The number of alkyl halides is 3. The Morgan fingerprint density at radius 3 is 2.47 bits per heavy atom. The maximum Gasteiger partial charge on any atom is 0.416 e. The molecule has 1 aromatic heterocycles. The van der Waals surface area contributed by atoms with Crippen LogP contribution in [-0.2, 0) is 19.3 Å². The summed E-state index contributed by atoms with van der Waals surface area (Å²) in [7, 11) is 0. The molecule has 1 fully saturated rings. The van der Waals surface area contributed by atoms with E-state index in [2.05, 4.69) is 27.0 Å². The number of pyridine rings is 1. The Morgan fingerprint density at radius 1 is 1.00 bits per heavy atom. The average molecular weight is 444 g/mol. The van der Waals surface area contributed by atoms with Gasteiger partial charge in [-0.15, -0.1) is 0 Å². The summed E-state index contributed by atoms with van der Waals surface area (Å²) in [6, 6.07) is 11.9. The molecule has 4 rings (SSSR count). The summed E-state index contributed by atoms with van der Waals surface area (Å²) >= 11 is 0. The number of anilines is 2. The zero-order valence-corrected chi connectivity index (χ0v) is 18.1. The van der Waals surface area contributed by atoms with E-state index in [9.17, 15) is 13.2 Å². The summed E-state index contributed by atoms with van der Waals surface area (Å²) in [5, 5.41) is 4.67. The molecule has 0 spiro atoms. The van der Waals surface area contributed by atoms with Gasteiger partial charge in [-0.3, -0.25) is 4.90 Å². The van der Waals surface area contributed by atoms with Crippen LogP contribution in [0.25, 0.3) is 10.8 Å². The number of nitrogens with zero attached hydrogens (tertiary/aromatic N) is 3. The van der Waals surface area contributed by atoms with Gasteiger partial charge in [0.1, 0.15) is 5.82 Å². The van der Waals surface area contributed by atoms with Crippen LogP contribution in [0.3, 0.4) is 0 Å². The lowest BCUT2D eigenvalue weighted by atomic mass is 10.0. The lowest BCUT2D eigenvalue weighted by molar-refractivity contribution is -0.138. The number of fused-ring (bicyclic) bond motifs is 1. The van der Waals surface area contributed by atoms with Crippen LogP contribution < -0.4 is 11.1 Å². The van der Waals surface area contributed by atoms with Crippen LogP contribution in [0.1, 0.15) is 23.6 Å². The first-order chi connectivity index (χ1) is 15.3. The third kappa shape index (κ3) is 4.97. The van der Waals surface area contributed by atoms with Crippen molar-refractivity contribution in [2.45, 2.75) is 26.2 Å². The molecule has 2 aromatic carbocycles. The topological polar surface area (TPSA) is 57.4 Å². The van der Waals surface area contributed by atoms with Gasteiger partial charge < -0.3 is 16.0 Å². The average Bonchev–Trinajstić information content (AvgIpc) is 2.78. The standard InChI is InChI=1S/C24H28F3N5/c1-2-31-10-12-32(13-11-31)16-17-6-7-18(21(14-17)24(25,26)27)15-30-23-20-4-3-5-22(28)19(20)8-9-29-23/h3-9,14H,2,10-13,15-16,28H2,1H3,(H,29,30). The highest BCUT2D eigenvalue weighted by atomic mass is 19.4. The number of likely N-dealkylation sites (N-methyl/N-ethyl adjacent to an activating group) is 1. The second-order valence-electron chi connectivity index (χ2n) is 8.16. The Bertz CT molecular complexity index is 1070. The van der Waals surface area contributed by atoms with Crippen LogP contribution >= 0.6 is 0 Å². The van der Waals surface area contributed by atoms with Crippen LogP contribution in [0.4, 0.5) is 24.7 Å². The summed E-state index contributed by atoms with van der Waals surface area (Å²) in [4.78, 5) is 8.87. The minimum absolute atomic E-state index is 0.0191.